The third-order valence-corrected chi connectivity index (χ3v) is 4.63. The van der Waals surface area contributed by atoms with E-state index in [1.165, 1.54) is 18.3 Å². The van der Waals surface area contributed by atoms with Crippen LogP contribution >= 0.6 is 0 Å². The molecule has 0 radical (unpaired) electrons. The number of nitrogens with one attached hydrogen (secondary N) is 1. The third-order valence-electron chi connectivity index (χ3n) is 3.23. The van der Waals surface area contributed by atoms with Crippen molar-refractivity contribution in [2.75, 3.05) is 19.0 Å². The fourth-order valence-corrected chi connectivity index (χ4v) is 2.92. The van der Waals surface area contributed by atoms with E-state index in [0.717, 1.165) is 6.07 Å². The van der Waals surface area contributed by atoms with E-state index in [9.17, 15) is 18.5 Å². The molecule has 0 amide bonds. The summed E-state index contributed by atoms with van der Waals surface area (Å²) in [5.41, 5.74) is 0.638. The summed E-state index contributed by atoms with van der Waals surface area (Å²) < 4.78 is 27.0. The molecule has 0 unspecified atom stereocenters. The molecule has 2 rings (SSSR count). The van der Waals surface area contributed by atoms with Gasteiger partial charge in [0.2, 0.25) is 16.0 Å². The first-order valence-electron chi connectivity index (χ1n) is 6.94. The van der Waals surface area contributed by atoms with Crippen molar-refractivity contribution >= 4 is 21.7 Å². The molecule has 0 aliphatic heterocycles. The van der Waals surface area contributed by atoms with E-state index in [2.05, 4.69) is 14.7 Å². The predicted molar refractivity (Wildman–Crippen MR) is 88.2 cm³/mol. The second-order valence-electron chi connectivity index (χ2n) is 5.27. The number of rotatable bonds is 6. The second-order valence-corrected chi connectivity index (χ2v) is 7.04. The van der Waals surface area contributed by atoms with Crippen molar-refractivity contribution in [3.05, 3.63) is 51.8 Å². The lowest BCUT2D eigenvalue weighted by atomic mass is 10.2. The topological polar surface area (TPSA) is 118 Å². The van der Waals surface area contributed by atoms with Crippen LogP contribution in [0, 0.1) is 17.0 Å². The van der Waals surface area contributed by atoms with E-state index >= 15 is 0 Å². The molecule has 2 aromatic rings. The molecule has 0 aliphatic carbocycles. The molecule has 0 spiro atoms. The summed E-state index contributed by atoms with van der Waals surface area (Å²) in [6.07, 6.45) is 1.53. The molecule has 1 aromatic carbocycles. The van der Waals surface area contributed by atoms with Gasteiger partial charge in [0.1, 0.15) is 0 Å². The van der Waals surface area contributed by atoms with Crippen molar-refractivity contribution in [1.29, 1.82) is 0 Å². The smallest absolute Gasteiger partial charge is 0.273 e. The molecular formula is C14H17N5O4S. The van der Waals surface area contributed by atoms with Gasteiger partial charge in [-0.1, -0.05) is 6.07 Å². The normalized spacial score (nSPS) is 11.3. The van der Waals surface area contributed by atoms with E-state index in [0.29, 0.717) is 17.2 Å². The van der Waals surface area contributed by atoms with Gasteiger partial charge < -0.3 is 4.90 Å². The molecular weight excluding hydrogens is 334 g/mol. The highest BCUT2D eigenvalue weighted by Crippen LogP contribution is 2.22. The van der Waals surface area contributed by atoms with Crippen molar-refractivity contribution in [2.45, 2.75) is 18.4 Å². The fraction of sp³-hybridized carbons (Fsp3) is 0.286. The summed E-state index contributed by atoms with van der Waals surface area (Å²) in [4.78, 5) is 20.1. The maximum Gasteiger partial charge on any atom is 0.273 e. The van der Waals surface area contributed by atoms with Gasteiger partial charge in [0.15, 0.2) is 0 Å². The maximum absolute atomic E-state index is 12.3. The monoisotopic (exact) mass is 351 g/mol. The largest absolute Gasteiger partial charge is 0.347 e. The summed E-state index contributed by atoms with van der Waals surface area (Å²) in [7, 11) is -0.348. The number of hydrogen-bond acceptors (Lipinski definition) is 7. The molecule has 0 saturated heterocycles. The number of anilines is 1. The molecule has 10 heteroatoms. The van der Waals surface area contributed by atoms with Crippen LogP contribution in [-0.4, -0.2) is 37.4 Å². The molecule has 1 aromatic heterocycles. The number of nitro groups is 1. The average Bonchev–Trinajstić information content (AvgIpc) is 2.53. The summed E-state index contributed by atoms with van der Waals surface area (Å²) in [5.74, 6) is 0.456. The Morgan fingerprint density at radius 1 is 1.29 bits per heavy atom. The molecule has 1 N–H and O–H groups in total. The highest BCUT2D eigenvalue weighted by molar-refractivity contribution is 7.89. The van der Waals surface area contributed by atoms with Gasteiger partial charge >= 0.3 is 0 Å². The lowest BCUT2D eigenvalue weighted by molar-refractivity contribution is -0.385. The average molecular weight is 351 g/mol. The number of aryl methyl sites for hydroxylation is 1. The molecule has 24 heavy (non-hydrogen) atoms. The Balaban J connectivity index is 2.22. The lowest BCUT2D eigenvalue weighted by Gasteiger charge is -2.11. The Bertz CT molecular complexity index is 867. The van der Waals surface area contributed by atoms with E-state index in [4.69, 9.17) is 0 Å². The summed E-state index contributed by atoms with van der Waals surface area (Å²) in [5, 5.41) is 11.0. The van der Waals surface area contributed by atoms with Gasteiger partial charge in [-0.25, -0.2) is 23.1 Å². The maximum atomic E-state index is 12.3. The lowest BCUT2D eigenvalue weighted by Crippen LogP contribution is -2.24. The van der Waals surface area contributed by atoms with Crippen LogP contribution in [-0.2, 0) is 16.6 Å². The molecule has 0 atom stereocenters. The first kappa shape index (κ1) is 17.8. The van der Waals surface area contributed by atoms with E-state index in [-0.39, 0.29) is 17.1 Å². The van der Waals surface area contributed by atoms with Crippen LogP contribution < -0.4 is 9.62 Å². The summed E-state index contributed by atoms with van der Waals surface area (Å²) >= 11 is 0. The van der Waals surface area contributed by atoms with E-state index < -0.39 is 14.9 Å². The number of nitro benzene ring substituents is 1. The number of sulfonamides is 1. The van der Waals surface area contributed by atoms with E-state index in [1.54, 1.807) is 32.0 Å². The van der Waals surface area contributed by atoms with Gasteiger partial charge in [0.25, 0.3) is 5.69 Å². The van der Waals surface area contributed by atoms with Gasteiger partial charge in [0.05, 0.1) is 22.1 Å². The minimum Gasteiger partial charge on any atom is -0.347 e. The Morgan fingerprint density at radius 2 is 2.00 bits per heavy atom. The predicted octanol–water partition coefficient (Wildman–Crippen LogP) is 1.24. The highest BCUT2D eigenvalue weighted by Gasteiger charge is 2.19. The molecule has 9 nitrogen and oxygen atoms in total. The number of aromatic nitrogens is 2. The Labute approximate surface area is 139 Å². The van der Waals surface area contributed by atoms with Crippen molar-refractivity contribution < 1.29 is 13.3 Å². The third kappa shape index (κ3) is 4.03. The fourth-order valence-electron chi connectivity index (χ4n) is 1.90. The van der Waals surface area contributed by atoms with Crippen LogP contribution in [0.4, 0.5) is 11.6 Å². The zero-order valence-electron chi connectivity index (χ0n) is 13.4. The highest BCUT2D eigenvalue weighted by atomic mass is 32.2. The molecule has 0 bridgehead atoms. The number of benzene rings is 1. The molecule has 1 heterocycles. The van der Waals surface area contributed by atoms with Gasteiger partial charge in [-0.3, -0.25) is 10.1 Å². The van der Waals surface area contributed by atoms with Crippen molar-refractivity contribution in [1.82, 2.24) is 14.7 Å². The van der Waals surface area contributed by atoms with E-state index in [1.807, 2.05) is 0 Å². The Hall–Kier alpha value is -2.59. The first-order chi connectivity index (χ1) is 11.2. The van der Waals surface area contributed by atoms with Gasteiger partial charge in [0, 0.05) is 31.9 Å². The van der Waals surface area contributed by atoms with Gasteiger partial charge in [-0.05, 0) is 19.1 Å². The van der Waals surface area contributed by atoms with Crippen LogP contribution in [0.3, 0.4) is 0 Å². The standard InChI is InChI=1S/C14H17N5O4S/c1-10-4-5-12(8-13(10)19(20)21)24(22,23)16-9-11-6-7-15-14(17-11)18(2)3/h4-8,16H,9H2,1-3H3. The van der Waals surface area contributed by atoms with Crippen molar-refractivity contribution in [3.63, 3.8) is 0 Å². The molecule has 0 saturated carbocycles. The minimum absolute atomic E-state index is 0.0482. The van der Waals surface area contributed by atoms with Crippen LogP contribution in [0.25, 0.3) is 0 Å². The van der Waals surface area contributed by atoms with Crippen molar-refractivity contribution in [2.24, 2.45) is 0 Å². The number of nitrogens with zero attached hydrogens (tertiary/aromatic N) is 4. The van der Waals surface area contributed by atoms with Crippen LogP contribution in [0.2, 0.25) is 0 Å². The van der Waals surface area contributed by atoms with Crippen molar-refractivity contribution in [3.8, 4) is 0 Å². The Kier molecular flexibility index (Phi) is 5.10. The van der Waals surface area contributed by atoms with Gasteiger partial charge in [-0.15, -0.1) is 0 Å². The SMILES string of the molecule is Cc1ccc(S(=O)(=O)NCc2ccnc(N(C)C)n2)cc1[N+](=O)[O-]. The first-order valence-corrected chi connectivity index (χ1v) is 8.43. The van der Waals surface area contributed by atoms with Crippen LogP contribution in [0.5, 0.6) is 0 Å². The zero-order chi connectivity index (χ0) is 17.9. The Morgan fingerprint density at radius 3 is 2.62 bits per heavy atom. The quantitative estimate of drug-likeness (QED) is 0.614. The summed E-state index contributed by atoms with van der Waals surface area (Å²) in [6.45, 7) is 1.50. The zero-order valence-corrected chi connectivity index (χ0v) is 14.2. The molecule has 0 fully saturated rings. The molecule has 0 aliphatic rings. The van der Waals surface area contributed by atoms with Crippen LogP contribution in [0.15, 0.2) is 35.4 Å². The minimum atomic E-state index is -3.89. The second kappa shape index (κ2) is 6.89. The van der Waals surface area contributed by atoms with Crippen LogP contribution in [0.1, 0.15) is 11.3 Å². The van der Waals surface area contributed by atoms with Gasteiger partial charge in [-0.2, -0.15) is 0 Å². The summed E-state index contributed by atoms with van der Waals surface area (Å²) in [6, 6.07) is 5.37. The number of hydrogen-bond donors (Lipinski definition) is 1. The molecule has 128 valence electrons.